The van der Waals surface area contributed by atoms with Gasteiger partial charge >= 0.3 is 5.97 Å². The average molecular weight is 303 g/mol. The lowest BCUT2D eigenvalue weighted by atomic mass is 10.0. The molecule has 1 aromatic carbocycles. The fourth-order valence-electron chi connectivity index (χ4n) is 2.07. The van der Waals surface area contributed by atoms with E-state index in [1.807, 2.05) is 0 Å². The van der Waals surface area contributed by atoms with Gasteiger partial charge in [0.25, 0.3) is 0 Å². The Labute approximate surface area is 123 Å². The number of carboxylic acid groups (broad SMARTS) is 1. The van der Waals surface area contributed by atoms with E-state index < -0.39 is 11.8 Å². The topological polar surface area (TPSA) is 63.1 Å². The van der Waals surface area contributed by atoms with Crippen molar-refractivity contribution in [1.82, 2.24) is 9.97 Å². The third-order valence-electron chi connectivity index (χ3n) is 3.06. The van der Waals surface area contributed by atoms with Crippen LogP contribution in [0.5, 0.6) is 0 Å². The van der Waals surface area contributed by atoms with Gasteiger partial charge in [-0.15, -0.1) is 0 Å². The summed E-state index contributed by atoms with van der Waals surface area (Å²) in [6.07, 6.45) is 3.15. The summed E-state index contributed by atoms with van der Waals surface area (Å²) in [6.45, 7) is 0. The Morgan fingerprint density at radius 3 is 2.57 bits per heavy atom. The van der Waals surface area contributed by atoms with Gasteiger partial charge < -0.3 is 5.11 Å². The van der Waals surface area contributed by atoms with E-state index in [0.717, 1.165) is 6.07 Å². The van der Waals surface area contributed by atoms with E-state index in [1.165, 1.54) is 12.1 Å². The average Bonchev–Trinajstić information content (AvgIpc) is 2.48. The Morgan fingerprint density at radius 2 is 1.90 bits per heavy atom. The number of aromatic nitrogens is 2. The Kier molecular flexibility index (Phi) is 3.27. The molecule has 3 aromatic rings. The molecule has 0 bridgehead atoms. The zero-order valence-corrected chi connectivity index (χ0v) is 11.3. The highest BCUT2D eigenvalue weighted by Gasteiger charge is 2.15. The molecular weight excluding hydrogens is 295 g/mol. The zero-order chi connectivity index (χ0) is 15.0. The molecule has 0 aliphatic carbocycles. The molecule has 21 heavy (non-hydrogen) atoms. The first kappa shape index (κ1) is 13.5. The molecule has 2 heterocycles. The van der Waals surface area contributed by atoms with Crippen LogP contribution >= 0.6 is 11.6 Å². The third kappa shape index (κ3) is 2.43. The predicted octanol–water partition coefficient (Wildman–Crippen LogP) is 3.79. The number of benzene rings is 1. The van der Waals surface area contributed by atoms with Crippen LogP contribution in [0.25, 0.3) is 22.2 Å². The van der Waals surface area contributed by atoms with Crippen molar-refractivity contribution < 1.29 is 14.3 Å². The highest BCUT2D eigenvalue weighted by molar-refractivity contribution is 6.31. The highest BCUT2D eigenvalue weighted by Crippen LogP contribution is 2.28. The van der Waals surface area contributed by atoms with Gasteiger partial charge in [0.2, 0.25) is 0 Å². The molecule has 0 saturated carbocycles. The first-order chi connectivity index (χ1) is 10.1. The standard InChI is InChI=1S/C15H8ClFN2O2/c16-11-5-9-10(15(20)21)6-13(8-1-3-18-4-2-8)19-14(9)7-12(11)17/h1-7H,(H,20,21). The van der Waals surface area contributed by atoms with E-state index in [4.69, 9.17) is 11.6 Å². The minimum atomic E-state index is -1.12. The normalized spacial score (nSPS) is 10.8. The number of fused-ring (bicyclic) bond motifs is 1. The summed E-state index contributed by atoms with van der Waals surface area (Å²) >= 11 is 5.72. The first-order valence-electron chi connectivity index (χ1n) is 6.00. The van der Waals surface area contributed by atoms with Crippen molar-refractivity contribution in [2.24, 2.45) is 0 Å². The van der Waals surface area contributed by atoms with E-state index >= 15 is 0 Å². The van der Waals surface area contributed by atoms with Gasteiger partial charge in [-0.1, -0.05) is 11.6 Å². The summed E-state index contributed by atoms with van der Waals surface area (Å²) in [5, 5.41) is 9.50. The second kappa shape index (κ2) is 5.10. The van der Waals surface area contributed by atoms with Crippen molar-refractivity contribution >= 4 is 28.5 Å². The molecule has 2 aromatic heterocycles. The van der Waals surface area contributed by atoms with E-state index in [9.17, 15) is 14.3 Å². The largest absolute Gasteiger partial charge is 0.478 e. The first-order valence-corrected chi connectivity index (χ1v) is 6.37. The van der Waals surface area contributed by atoms with Crippen LogP contribution in [0.1, 0.15) is 10.4 Å². The van der Waals surface area contributed by atoms with Crippen LogP contribution < -0.4 is 0 Å². The predicted molar refractivity (Wildman–Crippen MR) is 76.9 cm³/mol. The number of aromatic carboxylic acids is 1. The van der Waals surface area contributed by atoms with Crippen molar-refractivity contribution in [3.8, 4) is 11.3 Å². The Morgan fingerprint density at radius 1 is 1.19 bits per heavy atom. The number of nitrogens with zero attached hydrogens (tertiary/aromatic N) is 2. The van der Waals surface area contributed by atoms with Crippen LogP contribution in [0.2, 0.25) is 5.02 Å². The molecule has 0 radical (unpaired) electrons. The molecule has 6 heteroatoms. The van der Waals surface area contributed by atoms with Crippen LogP contribution in [-0.4, -0.2) is 21.0 Å². The van der Waals surface area contributed by atoms with Crippen molar-refractivity contribution in [1.29, 1.82) is 0 Å². The maximum atomic E-state index is 13.6. The third-order valence-corrected chi connectivity index (χ3v) is 3.35. The molecule has 0 aliphatic rings. The molecular formula is C15H8ClFN2O2. The summed E-state index contributed by atoms with van der Waals surface area (Å²) in [5.41, 5.74) is 1.39. The van der Waals surface area contributed by atoms with Crippen molar-refractivity contribution in [3.05, 3.63) is 59.1 Å². The summed E-state index contributed by atoms with van der Waals surface area (Å²) in [6, 6.07) is 7.25. The molecule has 0 amide bonds. The summed E-state index contributed by atoms with van der Waals surface area (Å²) in [4.78, 5) is 19.6. The van der Waals surface area contributed by atoms with Gasteiger partial charge in [-0.2, -0.15) is 0 Å². The van der Waals surface area contributed by atoms with Crippen LogP contribution in [0.3, 0.4) is 0 Å². The minimum Gasteiger partial charge on any atom is -0.478 e. The molecule has 0 aliphatic heterocycles. The molecule has 0 unspecified atom stereocenters. The lowest BCUT2D eigenvalue weighted by molar-refractivity contribution is 0.0699. The monoisotopic (exact) mass is 302 g/mol. The Bertz CT molecular complexity index is 853. The van der Waals surface area contributed by atoms with Crippen molar-refractivity contribution in [2.45, 2.75) is 0 Å². The number of carbonyl (C=O) groups is 1. The second-order valence-electron chi connectivity index (χ2n) is 4.38. The van der Waals surface area contributed by atoms with Gasteiger partial charge in [0.05, 0.1) is 21.8 Å². The lowest BCUT2D eigenvalue weighted by Crippen LogP contribution is -2.01. The quantitative estimate of drug-likeness (QED) is 0.782. The second-order valence-corrected chi connectivity index (χ2v) is 4.79. The van der Waals surface area contributed by atoms with Gasteiger partial charge in [0.15, 0.2) is 0 Å². The van der Waals surface area contributed by atoms with Crippen LogP contribution in [0.4, 0.5) is 4.39 Å². The molecule has 0 spiro atoms. The summed E-state index contributed by atoms with van der Waals surface area (Å²) in [5.74, 6) is -1.76. The van der Waals surface area contributed by atoms with Crippen molar-refractivity contribution in [2.75, 3.05) is 0 Å². The molecule has 1 N–H and O–H groups in total. The lowest BCUT2D eigenvalue weighted by Gasteiger charge is -2.08. The highest BCUT2D eigenvalue weighted by atomic mass is 35.5. The maximum absolute atomic E-state index is 13.6. The van der Waals surface area contributed by atoms with Gasteiger partial charge in [-0.25, -0.2) is 14.2 Å². The number of halogens is 2. The van der Waals surface area contributed by atoms with Crippen LogP contribution in [0, 0.1) is 5.82 Å². The minimum absolute atomic E-state index is 0.0220. The number of rotatable bonds is 2. The smallest absolute Gasteiger partial charge is 0.336 e. The van der Waals surface area contributed by atoms with Crippen molar-refractivity contribution in [3.63, 3.8) is 0 Å². The number of carboxylic acids is 1. The molecule has 0 atom stereocenters. The SMILES string of the molecule is O=C(O)c1cc(-c2ccncc2)nc2cc(F)c(Cl)cc12. The van der Waals surface area contributed by atoms with E-state index in [-0.39, 0.29) is 16.1 Å². The summed E-state index contributed by atoms with van der Waals surface area (Å²) < 4.78 is 13.6. The number of hydrogen-bond donors (Lipinski definition) is 1. The van der Waals surface area contributed by atoms with E-state index in [1.54, 1.807) is 24.5 Å². The zero-order valence-electron chi connectivity index (χ0n) is 10.5. The number of pyridine rings is 2. The summed E-state index contributed by atoms with van der Waals surface area (Å²) in [7, 11) is 0. The molecule has 4 nitrogen and oxygen atoms in total. The van der Waals surface area contributed by atoms with Gasteiger partial charge in [-0.05, 0) is 24.3 Å². The van der Waals surface area contributed by atoms with E-state index in [0.29, 0.717) is 16.6 Å². The van der Waals surface area contributed by atoms with Crippen LogP contribution in [0.15, 0.2) is 42.7 Å². The Hall–Kier alpha value is -2.53. The molecule has 104 valence electrons. The van der Waals surface area contributed by atoms with Gasteiger partial charge in [0, 0.05) is 29.4 Å². The number of hydrogen-bond acceptors (Lipinski definition) is 3. The van der Waals surface area contributed by atoms with Crippen LogP contribution in [-0.2, 0) is 0 Å². The fraction of sp³-hybridized carbons (Fsp3) is 0. The molecule has 0 fully saturated rings. The molecule has 0 saturated heterocycles. The maximum Gasteiger partial charge on any atom is 0.336 e. The van der Waals surface area contributed by atoms with Gasteiger partial charge in [-0.3, -0.25) is 4.98 Å². The Balaban J connectivity index is 2.35. The molecule has 3 rings (SSSR count). The van der Waals surface area contributed by atoms with Gasteiger partial charge in [0.1, 0.15) is 5.82 Å². The van der Waals surface area contributed by atoms with E-state index in [2.05, 4.69) is 9.97 Å². The fourth-order valence-corrected chi connectivity index (χ4v) is 2.23.